The number of Topliss-reactive ketones (excluding diaryl/α,β-unsaturated/α-hetero) is 2. The molecular weight excluding hydrogens is 462 g/mol. The van der Waals surface area contributed by atoms with Gasteiger partial charge in [-0.1, -0.05) is 115 Å². The number of benzene rings is 4. The van der Waals surface area contributed by atoms with Crippen molar-refractivity contribution in [2.24, 2.45) is 5.92 Å². The van der Waals surface area contributed by atoms with Gasteiger partial charge in [-0.15, -0.1) is 0 Å². The van der Waals surface area contributed by atoms with Crippen molar-refractivity contribution in [2.45, 2.75) is 22.4 Å². The summed E-state index contributed by atoms with van der Waals surface area (Å²) in [7, 11) is 0. The Bertz CT molecular complexity index is 1550. The van der Waals surface area contributed by atoms with Gasteiger partial charge in [-0.05, 0) is 16.7 Å². The SMILES string of the molecule is O=C(O)[C@@H]1[C@@]2(c3ccccc3)[C@@H](c3ccccc3)NC3(C(=O)c4ccccc4C3=O)[C@@]12c1ccccc1. The second-order valence-electron chi connectivity index (χ2n) is 10.1. The van der Waals surface area contributed by atoms with Crippen LogP contribution in [0.3, 0.4) is 0 Å². The average molecular weight is 486 g/mol. The lowest BCUT2D eigenvalue weighted by molar-refractivity contribution is -0.140. The fourth-order valence-electron chi connectivity index (χ4n) is 7.71. The van der Waals surface area contributed by atoms with Crippen LogP contribution in [0, 0.1) is 5.92 Å². The summed E-state index contributed by atoms with van der Waals surface area (Å²) in [5.74, 6) is -2.76. The Hall–Kier alpha value is -4.35. The van der Waals surface area contributed by atoms with Gasteiger partial charge in [-0.3, -0.25) is 19.7 Å². The number of carboxylic acids is 1. The highest BCUT2D eigenvalue weighted by molar-refractivity contribution is 6.35. The van der Waals surface area contributed by atoms with E-state index in [1.54, 1.807) is 24.3 Å². The molecule has 0 bridgehead atoms. The Labute approximate surface area is 213 Å². The molecule has 0 aromatic heterocycles. The van der Waals surface area contributed by atoms with E-state index in [4.69, 9.17) is 0 Å². The summed E-state index contributed by atoms with van der Waals surface area (Å²) >= 11 is 0. The van der Waals surface area contributed by atoms with Crippen molar-refractivity contribution in [3.05, 3.63) is 143 Å². The van der Waals surface area contributed by atoms with E-state index in [-0.39, 0.29) is 11.6 Å². The lowest BCUT2D eigenvalue weighted by atomic mass is 9.68. The first-order valence-corrected chi connectivity index (χ1v) is 12.4. The number of rotatable bonds is 4. The van der Waals surface area contributed by atoms with E-state index in [9.17, 15) is 19.5 Å². The molecule has 7 rings (SSSR count). The maximum Gasteiger partial charge on any atom is 0.308 e. The molecule has 0 unspecified atom stereocenters. The molecule has 1 aliphatic heterocycles. The zero-order valence-corrected chi connectivity index (χ0v) is 19.8. The van der Waals surface area contributed by atoms with Crippen molar-refractivity contribution in [3.63, 3.8) is 0 Å². The van der Waals surface area contributed by atoms with Gasteiger partial charge in [0.25, 0.3) is 0 Å². The number of piperidine rings is 1. The molecule has 4 atom stereocenters. The molecule has 2 fully saturated rings. The third kappa shape index (κ3) is 2.31. The van der Waals surface area contributed by atoms with Crippen molar-refractivity contribution < 1.29 is 19.5 Å². The third-order valence-electron chi connectivity index (χ3n) is 8.82. The maximum absolute atomic E-state index is 14.5. The Kier molecular flexibility index (Phi) is 4.34. The molecule has 4 aromatic carbocycles. The van der Waals surface area contributed by atoms with Gasteiger partial charge in [0.05, 0.1) is 11.3 Å². The molecule has 1 saturated carbocycles. The molecule has 180 valence electrons. The van der Waals surface area contributed by atoms with Crippen molar-refractivity contribution in [2.75, 3.05) is 0 Å². The van der Waals surface area contributed by atoms with Gasteiger partial charge in [0.2, 0.25) is 0 Å². The van der Waals surface area contributed by atoms with Gasteiger partial charge >= 0.3 is 5.97 Å². The zero-order valence-electron chi connectivity index (χ0n) is 19.8. The molecule has 5 heteroatoms. The minimum Gasteiger partial charge on any atom is -0.481 e. The molecule has 37 heavy (non-hydrogen) atoms. The molecule has 1 heterocycles. The first-order valence-electron chi connectivity index (χ1n) is 12.4. The lowest BCUT2D eigenvalue weighted by Crippen LogP contribution is -2.61. The van der Waals surface area contributed by atoms with Gasteiger partial charge in [-0.2, -0.15) is 0 Å². The fourth-order valence-corrected chi connectivity index (χ4v) is 7.71. The van der Waals surface area contributed by atoms with E-state index in [1.807, 2.05) is 91.0 Å². The normalized spacial score (nSPS) is 28.6. The van der Waals surface area contributed by atoms with Crippen LogP contribution in [-0.4, -0.2) is 28.2 Å². The number of nitrogens with one attached hydrogen (secondary N) is 1. The molecule has 2 N–H and O–H groups in total. The van der Waals surface area contributed by atoms with Crippen molar-refractivity contribution in [1.82, 2.24) is 5.32 Å². The lowest BCUT2D eigenvalue weighted by Gasteiger charge is -2.34. The molecule has 1 spiro atoms. The van der Waals surface area contributed by atoms with Crippen LogP contribution in [0.4, 0.5) is 0 Å². The Morgan fingerprint density at radius 2 is 1.11 bits per heavy atom. The van der Waals surface area contributed by atoms with E-state index in [1.165, 1.54) is 0 Å². The van der Waals surface area contributed by atoms with E-state index in [0.29, 0.717) is 16.7 Å². The smallest absolute Gasteiger partial charge is 0.308 e. The van der Waals surface area contributed by atoms with Crippen LogP contribution >= 0.6 is 0 Å². The molecule has 3 aliphatic rings. The monoisotopic (exact) mass is 485 g/mol. The quantitative estimate of drug-likeness (QED) is 0.408. The van der Waals surface area contributed by atoms with Crippen molar-refractivity contribution in [1.29, 1.82) is 0 Å². The van der Waals surface area contributed by atoms with Gasteiger partial charge in [0, 0.05) is 22.6 Å². The predicted octanol–water partition coefficient (Wildman–Crippen LogP) is 4.74. The Morgan fingerprint density at radius 3 is 1.62 bits per heavy atom. The maximum atomic E-state index is 14.5. The summed E-state index contributed by atoms with van der Waals surface area (Å²) in [5, 5.41) is 14.4. The molecule has 4 aromatic rings. The van der Waals surface area contributed by atoms with Crippen molar-refractivity contribution >= 4 is 17.5 Å². The number of ketones is 2. The fraction of sp³-hybridized carbons (Fsp3) is 0.156. The van der Waals surface area contributed by atoms with Crippen LogP contribution in [0.2, 0.25) is 0 Å². The third-order valence-corrected chi connectivity index (χ3v) is 8.82. The van der Waals surface area contributed by atoms with Crippen molar-refractivity contribution in [3.8, 4) is 0 Å². The molecule has 2 aliphatic carbocycles. The van der Waals surface area contributed by atoms with E-state index >= 15 is 0 Å². The van der Waals surface area contributed by atoms with Crippen LogP contribution in [0.1, 0.15) is 43.4 Å². The number of carbonyl (C=O) groups is 3. The summed E-state index contributed by atoms with van der Waals surface area (Å²) in [4.78, 5) is 42.3. The summed E-state index contributed by atoms with van der Waals surface area (Å²) in [6.45, 7) is 0. The standard InChI is InChI=1S/C32H23NO4/c34-27-23-18-10-11-19-24(23)28(35)32(27)31(22-16-8-3-9-17-22)25(29(36)37)30(31,21-14-6-2-7-15-21)26(33-32)20-12-4-1-5-13-20/h1-19,25-26,33H,(H,36,37)/t25-,26-,30+,31+/m1/s1. The first-order chi connectivity index (χ1) is 18.0. The van der Waals surface area contributed by atoms with Gasteiger partial charge < -0.3 is 5.11 Å². The van der Waals surface area contributed by atoms with Crippen LogP contribution < -0.4 is 5.32 Å². The average Bonchev–Trinajstić information content (AvgIpc) is 3.44. The summed E-state index contributed by atoms with van der Waals surface area (Å²) in [5.41, 5.74) is -1.23. The minimum absolute atomic E-state index is 0.335. The van der Waals surface area contributed by atoms with Crippen LogP contribution in [0.25, 0.3) is 0 Å². The van der Waals surface area contributed by atoms with Crippen LogP contribution in [0.5, 0.6) is 0 Å². The summed E-state index contributed by atoms with van der Waals surface area (Å²) in [6.07, 6.45) is 0. The first kappa shape index (κ1) is 21.9. The van der Waals surface area contributed by atoms with Gasteiger partial charge in [0.15, 0.2) is 17.1 Å². The van der Waals surface area contributed by atoms with Gasteiger partial charge in [-0.25, -0.2) is 0 Å². The number of carboxylic acid groups (broad SMARTS) is 1. The number of carbonyl (C=O) groups excluding carboxylic acids is 2. The Morgan fingerprint density at radius 1 is 0.649 bits per heavy atom. The van der Waals surface area contributed by atoms with Gasteiger partial charge in [0.1, 0.15) is 0 Å². The number of fused-ring (bicyclic) bond motifs is 3. The Balaban J connectivity index is 1.64. The highest BCUT2D eigenvalue weighted by atomic mass is 16.4. The predicted molar refractivity (Wildman–Crippen MR) is 138 cm³/mol. The number of aliphatic carboxylic acids is 1. The van der Waals surface area contributed by atoms with E-state index < -0.39 is 34.3 Å². The second kappa shape index (κ2) is 7.34. The largest absolute Gasteiger partial charge is 0.481 e. The second-order valence-corrected chi connectivity index (χ2v) is 10.1. The van der Waals surface area contributed by atoms with Crippen LogP contribution in [0.15, 0.2) is 115 Å². The zero-order chi connectivity index (χ0) is 25.4. The molecule has 1 saturated heterocycles. The number of hydrogen-bond donors (Lipinski definition) is 2. The van der Waals surface area contributed by atoms with Crippen LogP contribution in [-0.2, 0) is 15.6 Å². The van der Waals surface area contributed by atoms with E-state index in [2.05, 4.69) is 5.32 Å². The summed E-state index contributed by atoms with van der Waals surface area (Å²) in [6, 6.07) is 34.6. The highest BCUT2D eigenvalue weighted by Gasteiger charge is 2.96. The van der Waals surface area contributed by atoms with E-state index in [0.717, 1.165) is 11.1 Å². The molecular formula is C32H23NO4. The minimum atomic E-state index is -1.77. The number of hydrogen-bond acceptors (Lipinski definition) is 4. The molecule has 0 amide bonds. The highest BCUT2D eigenvalue weighted by Crippen LogP contribution is 2.83. The topological polar surface area (TPSA) is 83.5 Å². The molecule has 0 radical (unpaired) electrons. The summed E-state index contributed by atoms with van der Waals surface area (Å²) < 4.78 is 0. The molecule has 5 nitrogen and oxygen atoms in total.